The van der Waals surface area contributed by atoms with Crippen molar-refractivity contribution in [2.75, 3.05) is 13.2 Å². The molecule has 1 heterocycles. The zero-order valence-corrected chi connectivity index (χ0v) is 13.3. The Hall–Kier alpha value is -2.34. The number of aromatic nitrogens is 1. The Morgan fingerprint density at radius 1 is 1.26 bits per heavy atom. The van der Waals surface area contributed by atoms with Crippen LogP contribution in [0.15, 0.2) is 30.5 Å². The fourth-order valence-corrected chi connectivity index (χ4v) is 2.55. The van der Waals surface area contributed by atoms with Crippen LogP contribution in [0.25, 0.3) is 10.9 Å². The molecule has 2 rings (SSSR count). The van der Waals surface area contributed by atoms with Crippen molar-refractivity contribution in [2.45, 2.75) is 32.2 Å². The summed E-state index contributed by atoms with van der Waals surface area (Å²) in [6.07, 6.45) is 3.66. The molecule has 2 amide bonds. The van der Waals surface area contributed by atoms with Gasteiger partial charge in [0.05, 0.1) is 0 Å². The van der Waals surface area contributed by atoms with Gasteiger partial charge >= 0.3 is 0 Å². The van der Waals surface area contributed by atoms with Gasteiger partial charge in [-0.25, -0.2) is 0 Å². The van der Waals surface area contributed by atoms with Gasteiger partial charge in [0, 0.05) is 43.6 Å². The number of carbonyl (C=O) groups excluding carboxylic acids is 2. The fraction of sp³-hybridized carbons (Fsp3) is 0.412. The van der Waals surface area contributed by atoms with Crippen LogP contribution in [0.4, 0.5) is 0 Å². The molecule has 6 nitrogen and oxygen atoms in total. The van der Waals surface area contributed by atoms with Gasteiger partial charge in [-0.15, -0.1) is 0 Å². The lowest BCUT2D eigenvalue weighted by Gasteiger charge is -2.17. The molecule has 0 aliphatic heterocycles. The van der Waals surface area contributed by atoms with Crippen LogP contribution in [0.3, 0.4) is 0 Å². The van der Waals surface area contributed by atoms with Crippen LogP contribution in [-0.2, 0) is 16.0 Å². The number of aromatic amines is 1. The first-order chi connectivity index (χ1) is 11.1. The molecule has 4 N–H and O–H groups in total. The number of aliphatic hydroxyl groups excluding tert-OH is 1. The Morgan fingerprint density at radius 3 is 2.78 bits per heavy atom. The third-order valence-corrected chi connectivity index (χ3v) is 3.68. The molecule has 124 valence electrons. The summed E-state index contributed by atoms with van der Waals surface area (Å²) in [7, 11) is 0. The third-order valence-electron chi connectivity index (χ3n) is 3.68. The summed E-state index contributed by atoms with van der Waals surface area (Å²) >= 11 is 0. The summed E-state index contributed by atoms with van der Waals surface area (Å²) in [5.74, 6) is -0.441. The highest BCUT2D eigenvalue weighted by Crippen LogP contribution is 2.19. The van der Waals surface area contributed by atoms with Crippen LogP contribution < -0.4 is 10.6 Å². The van der Waals surface area contributed by atoms with E-state index in [0.29, 0.717) is 25.8 Å². The molecule has 1 atom stereocenters. The van der Waals surface area contributed by atoms with E-state index in [1.807, 2.05) is 30.5 Å². The fourth-order valence-electron chi connectivity index (χ4n) is 2.55. The van der Waals surface area contributed by atoms with E-state index in [1.165, 1.54) is 6.92 Å². The summed E-state index contributed by atoms with van der Waals surface area (Å²) in [6.45, 7) is 2.00. The second-order valence-corrected chi connectivity index (χ2v) is 5.54. The lowest BCUT2D eigenvalue weighted by molar-refractivity contribution is -0.128. The number of rotatable bonds is 8. The quantitative estimate of drug-likeness (QED) is 0.549. The van der Waals surface area contributed by atoms with Gasteiger partial charge < -0.3 is 20.7 Å². The van der Waals surface area contributed by atoms with Gasteiger partial charge in [-0.1, -0.05) is 18.2 Å². The molecule has 0 saturated carbocycles. The van der Waals surface area contributed by atoms with E-state index in [2.05, 4.69) is 15.6 Å². The molecule has 1 unspecified atom stereocenters. The second kappa shape index (κ2) is 8.33. The monoisotopic (exact) mass is 317 g/mol. The molecule has 0 aliphatic carbocycles. The maximum atomic E-state index is 12.3. The smallest absolute Gasteiger partial charge is 0.242 e. The number of H-pyrrole nitrogens is 1. The number of fused-ring (bicyclic) bond motifs is 1. The predicted molar refractivity (Wildman–Crippen MR) is 88.9 cm³/mol. The number of amides is 2. The van der Waals surface area contributed by atoms with Gasteiger partial charge in [0.25, 0.3) is 0 Å². The molecule has 2 aromatic rings. The lowest BCUT2D eigenvalue weighted by atomic mass is 10.0. The van der Waals surface area contributed by atoms with Crippen molar-refractivity contribution >= 4 is 22.7 Å². The Labute approximate surface area is 135 Å². The topological polar surface area (TPSA) is 94.2 Å². The SMILES string of the molecule is CC(=O)NC(Cc1c[nH]c2ccccc12)C(=O)NCCCCO. The van der Waals surface area contributed by atoms with Crippen LogP contribution in [0.2, 0.25) is 0 Å². The molecule has 0 fully saturated rings. The van der Waals surface area contributed by atoms with E-state index in [0.717, 1.165) is 16.5 Å². The first kappa shape index (κ1) is 17.0. The van der Waals surface area contributed by atoms with Crippen molar-refractivity contribution in [1.82, 2.24) is 15.6 Å². The van der Waals surface area contributed by atoms with E-state index < -0.39 is 6.04 Å². The van der Waals surface area contributed by atoms with Crippen LogP contribution >= 0.6 is 0 Å². The number of hydrogen-bond donors (Lipinski definition) is 4. The first-order valence-electron chi connectivity index (χ1n) is 7.82. The van der Waals surface area contributed by atoms with Gasteiger partial charge in [-0.05, 0) is 24.5 Å². The highest BCUT2D eigenvalue weighted by molar-refractivity contribution is 5.89. The summed E-state index contributed by atoms with van der Waals surface area (Å²) < 4.78 is 0. The Morgan fingerprint density at radius 2 is 2.04 bits per heavy atom. The Bertz CT molecular complexity index is 666. The Kier molecular flexibility index (Phi) is 6.17. The second-order valence-electron chi connectivity index (χ2n) is 5.54. The average molecular weight is 317 g/mol. The summed E-state index contributed by atoms with van der Waals surface area (Å²) in [5.41, 5.74) is 2.00. The van der Waals surface area contributed by atoms with Crippen LogP contribution in [-0.4, -0.2) is 41.1 Å². The van der Waals surface area contributed by atoms with E-state index in [-0.39, 0.29) is 18.4 Å². The maximum absolute atomic E-state index is 12.3. The van der Waals surface area contributed by atoms with Crippen molar-refractivity contribution in [3.8, 4) is 0 Å². The van der Waals surface area contributed by atoms with Gasteiger partial charge in [0.15, 0.2) is 0 Å². The van der Waals surface area contributed by atoms with Crippen molar-refractivity contribution in [3.63, 3.8) is 0 Å². The normalized spacial score (nSPS) is 12.1. The van der Waals surface area contributed by atoms with Gasteiger partial charge in [-0.3, -0.25) is 9.59 Å². The van der Waals surface area contributed by atoms with Crippen molar-refractivity contribution in [3.05, 3.63) is 36.0 Å². The van der Waals surface area contributed by atoms with Crippen molar-refractivity contribution in [2.24, 2.45) is 0 Å². The highest BCUT2D eigenvalue weighted by atomic mass is 16.3. The molecule has 0 saturated heterocycles. The number of hydrogen-bond acceptors (Lipinski definition) is 3. The van der Waals surface area contributed by atoms with Crippen molar-refractivity contribution in [1.29, 1.82) is 0 Å². The standard InChI is InChI=1S/C17H23N3O3/c1-12(22)20-16(17(23)18-8-4-5-9-21)10-13-11-19-15-7-3-2-6-14(13)15/h2-3,6-7,11,16,19,21H,4-5,8-10H2,1H3,(H,18,23)(H,20,22). The molecule has 0 aliphatic rings. The summed E-state index contributed by atoms with van der Waals surface area (Å²) in [4.78, 5) is 26.9. The average Bonchev–Trinajstić information content (AvgIpc) is 2.93. The lowest BCUT2D eigenvalue weighted by Crippen LogP contribution is -2.47. The number of para-hydroxylation sites is 1. The van der Waals surface area contributed by atoms with E-state index in [1.54, 1.807) is 0 Å². The predicted octanol–water partition coefficient (Wildman–Crippen LogP) is 1.10. The van der Waals surface area contributed by atoms with E-state index in [9.17, 15) is 9.59 Å². The molecule has 23 heavy (non-hydrogen) atoms. The third kappa shape index (κ3) is 4.82. The minimum absolute atomic E-state index is 0.111. The number of aliphatic hydroxyl groups is 1. The maximum Gasteiger partial charge on any atom is 0.242 e. The van der Waals surface area contributed by atoms with Gasteiger partial charge in [-0.2, -0.15) is 0 Å². The number of nitrogens with one attached hydrogen (secondary N) is 3. The molecule has 1 aromatic carbocycles. The summed E-state index contributed by atoms with van der Waals surface area (Å²) in [6, 6.07) is 7.25. The van der Waals surface area contributed by atoms with Crippen LogP contribution in [0, 0.1) is 0 Å². The van der Waals surface area contributed by atoms with E-state index >= 15 is 0 Å². The van der Waals surface area contributed by atoms with E-state index in [4.69, 9.17) is 5.11 Å². The molecular formula is C17H23N3O3. The number of carbonyl (C=O) groups is 2. The van der Waals surface area contributed by atoms with Gasteiger partial charge in [0.2, 0.25) is 11.8 Å². The molecule has 0 radical (unpaired) electrons. The van der Waals surface area contributed by atoms with Gasteiger partial charge in [0.1, 0.15) is 6.04 Å². The molecule has 1 aromatic heterocycles. The first-order valence-corrected chi connectivity index (χ1v) is 7.82. The zero-order valence-electron chi connectivity index (χ0n) is 13.3. The minimum atomic E-state index is -0.610. The summed E-state index contributed by atoms with van der Waals surface area (Å²) in [5, 5.41) is 15.3. The zero-order chi connectivity index (χ0) is 16.7. The van der Waals surface area contributed by atoms with Crippen molar-refractivity contribution < 1.29 is 14.7 Å². The van der Waals surface area contributed by atoms with Crippen LogP contribution in [0.1, 0.15) is 25.3 Å². The number of benzene rings is 1. The molecule has 0 bridgehead atoms. The largest absolute Gasteiger partial charge is 0.396 e. The molecule has 6 heteroatoms. The van der Waals surface area contributed by atoms with Crippen LogP contribution in [0.5, 0.6) is 0 Å². The Balaban J connectivity index is 2.05. The number of unbranched alkanes of at least 4 members (excludes halogenated alkanes) is 1. The highest BCUT2D eigenvalue weighted by Gasteiger charge is 2.20. The molecular weight excluding hydrogens is 294 g/mol. The minimum Gasteiger partial charge on any atom is -0.396 e. The molecule has 0 spiro atoms.